The maximum atomic E-state index is 5.35. The van der Waals surface area contributed by atoms with Crippen LogP contribution in [0.15, 0.2) is 188 Å². The molecule has 3 heterocycles. The number of para-hydroxylation sites is 1. The van der Waals surface area contributed by atoms with Crippen LogP contribution in [0.3, 0.4) is 0 Å². The first-order chi connectivity index (χ1) is 29.5. The lowest BCUT2D eigenvalue weighted by atomic mass is 9.81. The van der Waals surface area contributed by atoms with Crippen molar-refractivity contribution in [2.45, 2.75) is 19.3 Å². The van der Waals surface area contributed by atoms with Crippen LogP contribution in [0.5, 0.6) is 0 Å². The highest BCUT2D eigenvalue weighted by Crippen LogP contribution is 2.52. The van der Waals surface area contributed by atoms with Gasteiger partial charge in [0.2, 0.25) is 5.95 Å². The monoisotopic (exact) mass is 767 g/mol. The van der Waals surface area contributed by atoms with E-state index in [2.05, 4.69) is 175 Å². The summed E-state index contributed by atoms with van der Waals surface area (Å²) < 4.78 is 2.27. The molecule has 0 fully saturated rings. The number of benzene rings is 8. The molecule has 0 atom stereocenters. The van der Waals surface area contributed by atoms with Crippen molar-refractivity contribution in [2.75, 3.05) is 0 Å². The highest BCUT2D eigenvalue weighted by atomic mass is 15.2. The van der Waals surface area contributed by atoms with Gasteiger partial charge in [-0.2, -0.15) is 9.97 Å². The van der Waals surface area contributed by atoms with E-state index in [9.17, 15) is 0 Å². The largest absolute Gasteiger partial charge is 0.277 e. The number of fused-ring (bicyclic) bond motifs is 9. The quantitative estimate of drug-likeness (QED) is 0.175. The SMILES string of the molecule is CC1(C)c2cc(-c3cccc4c5cc6ccccc6cc5n(-c5nc(-c6ccccc6)nc(-c6ccc(-c7cccnc7)cc6)n5)c34)ccc2-c2c1ccc1ccccc21. The lowest BCUT2D eigenvalue weighted by Crippen LogP contribution is -2.15. The van der Waals surface area contributed by atoms with Crippen LogP contribution in [-0.2, 0) is 5.41 Å². The van der Waals surface area contributed by atoms with E-state index in [1.807, 2.05) is 30.5 Å². The predicted molar refractivity (Wildman–Crippen MR) is 246 cm³/mol. The molecule has 12 rings (SSSR count). The zero-order valence-corrected chi connectivity index (χ0v) is 33.1. The summed E-state index contributed by atoms with van der Waals surface area (Å²) in [6.45, 7) is 4.72. The van der Waals surface area contributed by atoms with Crippen molar-refractivity contribution in [2.24, 2.45) is 0 Å². The minimum absolute atomic E-state index is 0.177. The lowest BCUT2D eigenvalue weighted by molar-refractivity contribution is 0.661. The number of nitrogens with zero attached hydrogens (tertiary/aromatic N) is 5. The van der Waals surface area contributed by atoms with Gasteiger partial charge in [0.05, 0.1) is 11.0 Å². The molecule has 0 unspecified atom stereocenters. The predicted octanol–water partition coefficient (Wildman–Crippen LogP) is 13.6. The van der Waals surface area contributed by atoms with Crippen molar-refractivity contribution in [3.63, 3.8) is 0 Å². The molecule has 1 aliphatic rings. The number of rotatable bonds is 5. The van der Waals surface area contributed by atoms with E-state index in [0.29, 0.717) is 17.6 Å². The first kappa shape index (κ1) is 34.3. The Kier molecular flexibility index (Phi) is 7.51. The summed E-state index contributed by atoms with van der Waals surface area (Å²) in [7, 11) is 0. The van der Waals surface area contributed by atoms with Gasteiger partial charge in [0.15, 0.2) is 11.6 Å². The fourth-order valence-corrected chi connectivity index (χ4v) is 9.52. The maximum absolute atomic E-state index is 5.35. The van der Waals surface area contributed by atoms with Crippen LogP contribution in [-0.4, -0.2) is 24.5 Å². The molecule has 0 saturated carbocycles. The van der Waals surface area contributed by atoms with Gasteiger partial charge >= 0.3 is 0 Å². The van der Waals surface area contributed by atoms with Crippen molar-refractivity contribution in [1.82, 2.24) is 24.5 Å². The van der Waals surface area contributed by atoms with E-state index in [1.165, 1.54) is 38.4 Å². The minimum atomic E-state index is -0.177. The zero-order valence-electron chi connectivity index (χ0n) is 33.1. The molecular weight excluding hydrogens is 731 g/mol. The Bertz CT molecular complexity index is 3500. The van der Waals surface area contributed by atoms with E-state index in [-0.39, 0.29) is 5.41 Å². The average molecular weight is 768 g/mol. The van der Waals surface area contributed by atoms with Gasteiger partial charge in [-0.1, -0.05) is 166 Å². The van der Waals surface area contributed by atoms with Gasteiger partial charge in [0, 0.05) is 45.3 Å². The van der Waals surface area contributed by atoms with Crippen LogP contribution in [0.4, 0.5) is 0 Å². The Labute approximate surface area is 347 Å². The summed E-state index contributed by atoms with van der Waals surface area (Å²) in [6, 6.07) is 62.9. The second-order valence-corrected chi connectivity index (χ2v) is 16.3. The van der Waals surface area contributed by atoms with Gasteiger partial charge < -0.3 is 0 Å². The van der Waals surface area contributed by atoms with Gasteiger partial charge in [-0.15, -0.1) is 0 Å². The summed E-state index contributed by atoms with van der Waals surface area (Å²) in [6.07, 6.45) is 3.68. The third-order valence-corrected chi connectivity index (χ3v) is 12.5. The molecule has 60 heavy (non-hydrogen) atoms. The van der Waals surface area contributed by atoms with E-state index >= 15 is 0 Å². The first-order valence-corrected chi connectivity index (χ1v) is 20.5. The van der Waals surface area contributed by atoms with Gasteiger partial charge in [-0.25, -0.2) is 4.98 Å². The molecule has 0 aliphatic heterocycles. The molecule has 282 valence electrons. The Hall–Kier alpha value is -7.76. The van der Waals surface area contributed by atoms with E-state index in [0.717, 1.165) is 60.6 Å². The van der Waals surface area contributed by atoms with Crippen LogP contribution in [0, 0.1) is 0 Å². The van der Waals surface area contributed by atoms with Gasteiger partial charge in [-0.3, -0.25) is 9.55 Å². The van der Waals surface area contributed by atoms with Crippen molar-refractivity contribution in [3.8, 4) is 62.1 Å². The molecule has 0 bridgehead atoms. The van der Waals surface area contributed by atoms with Crippen LogP contribution >= 0.6 is 0 Å². The average Bonchev–Trinajstić information content (AvgIpc) is 3.76. The van der Waals surface area contributed by atoms with Crippen LogP contribution in [0.2, 0.25) is 0 Å². The van der Waals surface area contributed by atoms with Crippen molar-refractivity contribution in [3.05, 3.63) is 199 Å². The van der Waals surface area contributed by atoms with Gasteiger partial charge in [0.1, 0.15) is 0 Å². The van der Waals surface area contributed by atoms with E-state index in [4.69, 9.17) is 15.0 Å². The van der Waals surface area contributed by atoms with Gasteiger partial charge in [0.25, 0.3) is 0 Å². The fourth-order valence-electron chi connectivity index (χ4n) is 9.52. The standard InChI is InChI=1S/C55H37N5/c1-55(2)47-28-26-35-12-8-9-18-42(35)50(47)45-27-25-40(31-48(45)55)43-19-10-20-44-46-30-38-15-6-7-16-39(38)32-49(46)60(51(43)44)54-58-52(36-13-4-3-5-14-36)57-53(59-54)37-23-21-34(22-24-37)41-17-11-29-56-33-41/h3-33H,1-2H3. The maximum Gasteiger partial charge on any atom is 0.238 e. The van der Waals surface area contributed by atoms with Gasteiger partial charge in [-0.05, 0) is 84.8 Å². The second kappa shape index (κ2) is 13.1. The minimum Gasteiger partial charge on any atom is -0.277 e. The summed E-state index contributed by atoms with van der Waals surface area (Å²) in [5.41, 5.74) is 13.5. The molecule has 0 spiro atoms. The highest BCUT2D eigenvalue weighted by Gasteiger charge is 2.37. The molecule has 5 nitrogen and oxygen atoms in total. The Morgan fingerprint density at radius 2 is 1.10 bits per heavy atom. The van der Waals surface area contributed by atoms with Crippen LogP contribution < -0.4 is 0 Å². The molecule has 3 aromatic heterocycles. The fraction of sp³-hybridized carbons (Fsp3) is 0.0545. The first-order valence-electron chi connectivity index (χ1n) is 20.5. The van der Waals surface area contributed by atoms with E-state index < -0.39 is 0 Å². The summed E-state index contributed by atoms with van der Waals surface area (Å²) >= 11 is 0. The summed E-state index contributed by atoms with van der Waals surface area (Å²) in [5, 5.41) is 7.20. The number of aromatic nitrogens is 5. The molecular formula is C55H37N5. The number of hydrogen-bond donors (Lipinski definition) is 0. The summed E-state index contributed by atoms with van der Waals surface area (Å²) in [4.78, 5) is 20.1. The Balaban J connectivity index is 1.12. The Morgan fingerprint density at radius 3 is 1.88 bits per heavy atom. The van der Waals surface area contributed by atoms with E-state index in [1.54, 1.807) is 6.20 Å². The topological polar surface area (TPSA) is 56.5 Å². The third kappa shape index (κ3) is 5.26. The lowest BCUT2D eigenvalue weighted by Gasteiger charge is -2.22. The molecule has 8 aromatic carbocycles. The molecule has 11 aromatic rings. The highest BCUT2D eigenvalue weighted by molar-refractivity contribution is 6.17. The molecule has 0 amide bonds. The number of hydrogen-bond acceptors (Lipinski definition) is 4. The summed E-state index contributed by atoms with van der Waals surface area (Å²) in [5.74, 6) is 1.79. The molecule has 0 saturated heterocycles. The normalized spacial score (nSPS) is 13.0. The number of pyridine rings is 1. The molecule has 0 radical (unpaired) electrons. The molecule has 0 N–H and O–H groups in total. The third-order valence-electron chi connectivity index (χ3n) is 12.5. The van der Waals surface area contributed by atoms with Crippen LogP contribution in [0.25, 0.3) is 105 Å². The van der Waals surface area contributed by atoms with Crippen molar-refractivity contribution in [1.29, 1.82) is 0 Å². The smallest absolute Gasteiger partial charge is 0.238 e. The second-order valence-electron chi connectivity index (χ2n) is 16.3. The molecule has 1 aliphatic carbocycles. The zero-order chi connectivity index (χ0) is 40.0. The molecule has 5 heteroatoms. The van der Waals surface area contributed by atoms with Crippen LogP contribution in [0.1, 0.15) is 25.0 Å². The van der Waals surface area contributed by atoms with Crippen molar-refractivity contribution < 1.29 is 0 Å². The Morgan fingerprint density at radius 1 is 0.433 bits per heavy atom. The van der Waals surface area contributed by atoms with Crippen molar-refractivity contribution >= 4 is 43.4 Å².